The zero-order valence-corrected chi connectivity index (χ0v) is 33.2. The first-order valence-electron chi connectivity index (χ1n) is 19.5. The van der Waals surface area contributed by atoms with E-state index in [1.54, 1.807) is 24.8 Å². The van der Waals surface area contributed by atoms with E-state index in [1.165, 1.54) is 0 Å². The molecule has 0 amide bonds. The van der Waals surface area contributed by atoms with Crippen LogP contribution in [0.3, 0.4) is 0 Å². The number of hydrogen-bond donors (Lipinski definition) is 0. The van der Waals surface area contributed by atoms with Gasteiger partial charge in [-0.05, 0) is 139 Å². The molecule has 284 valence electrons. The van der Waals surface area contributed by atoms with Crippen molar-refractivity contribution >= 4 is 23.4 Å². The Morgan fingerprint density at radius 1 is 0.456 bits per heavy atom. The van der Waals surface area contributed by atoms with Crippen molar-refractivity contribution in [2.45, 2.75) is 54.4 Å². The lowest BCUT2D eigenvalue weighted by Crippen LogP contribution is -2.51. The summed E-state index contributed by atoms with van der Waals surface area (Å²) in [6.45, 7) is 12.6. The second kappa shape index (κ2) is 16.3. The summed E-state index contributed by atoms with van der Waals surface area (Å²) in [6, 6.07) is 34.2. The minimum atomic E-state index is -0.236. The van der Waals surface area contributed by atoms with Crippen LogP contribution in [0.4, 0.5) is 0 Å². The molecular weight excluding hydrogens is 707 g/mol. The lowest BCUT2D eigenvalue weighted by molar-refractivity contribution is 0.446. The van der Waals surface area contributed by atoms with Gasteiger partial charge in [-0.15, -0.1) is 0 Å². The molecular formula is C48H45BN4O4. The Balaban J connectivity index is 1.11. The molecule has 8 nitrogen and oxygen atoms in total. The van der Waals surface area contributed by atoms with Crippen molar-refractivity contribution in [1.29, 1.82) is 0 Å². The molecule has 0 spiro atoms. The van der Waals surface area contributed by atoms with Crippen molar-refractivity contribution in [2.75, 3.05) is 0 Å². The van der Waals surface area contributed by atoms with Gasteiger partial charge in [0.25, 0.3) is 6.71 Å². The maximum Gasteiger partial charge on any atom is 0.291 e. The maximum atomic E-state index is 6.63. The Morgan fingerprint density at radius 3 is 1.32 bits per heavy atom. The lowest BCUT2D eigenvalue weighted by atomic mass is 9.42. The summed E-state index contributed by atoms with van der Waals surface area (Å²) in [5, 5.41) is 0. The van der Waals surface area contributed by atoms with E-state index in [0.29, 0.717) is 63.8 Å². The average molecular weight is 753 g/mol. The predicted molar refractivity (Wildman–Crippen MR) is 227 cm³/mol. The number of nitrogens with zero attached hydrogens (tertiary/aromatic N) is 4. The second-order valence-corrected chi connectivity index (χ2v) is 15.6. The Labute approximate surface area is 335 Å². The molecule has 0 N–H and O–H groups in total. The van der Waals surface area contributed by atoms with Crippen molar-refractivity contribution in [3.63, 3.8) is 0 Å². The molecule has 8 rings (SSSR count). The van der Waals surface area contributed by atoms with Crippen LogP contribution in [0.15, 0.2) is 128 Å². The third-order valence-corrected chi connectivity index (χ3v) is 9.67. The van der Waals surface area contributed by atoms with Gasteiger partial charge >= 0.3 is 0 Å². The summed E-state index contributed by atoms with van der Waals surface area (Å²) in [5.74, 6) is 6.16. The first-order valence-corrected chi connectivity index (χ1v) is 19.5. The molecule has 1 aliphatic rings. The summed E-state index contributed by atoms with van der Waals surface area (Å²) in [5.41, 5.74) is 9.44. The molecule has 4 aromatic carbocycles. The first-order chi connectivity index (χ1) is 27.6. The van der Waals surface area contributed by atoms with Gasteiger partial charge in [0.2, 0.25) is 11.8 Å². The highest BCUT2D eigenvalue weighted by Crippen LogP contribution is 2.35. The molecule has 1 aliphatic heterocycles. The quantitative estimate of drug-likeness (QED) is 0.108. The molecule has 9 heteroatoms. The van der Waals surface area contributed by atoms with Crippen molar-refractivity contribution in [2.24, 2.45) is 11.8 Å². The summed E-state index contributed by atoms with van der Waals surface area (Å²) in [7, 11) is 0. The highest BCUT2D eigenvalue weighted by Gasteiger charge is 2.36. The minimum absolute atomic E-state index is 0.236. The van der Waals surface area contributed by atoms with Crippen LogP contribution in [0.25, 0.3) is 11.1 Å². The normalized spacial score (nSPS) is 11.8. The van der Waals surface area contributed by atoms with Gasteiger partial charge in [-0.25, -0.2) is 9.97 Å². The van der Waals surface area contributed by atoms with Crippen molar-refractivity contribution in [3.8, 4) is 57.4 Å². The Bertz CT molecular complexity index is 2390. The molecule has 0 saturated carbocycles. The van der Waals surface area contributed by atoms with Gasteiger partial charge in [-0.3, -0.25) is 9.97 Å². The van der Waals surface area contributed by atoms with Crippen LogP contribution in [-0.4, -0.2) is 26.6 Å². The predicted octanol–water partition coefficient (Wildman–Crippen LogP) is 9.95. The number of benzene rings is 4. The smallest absolute Gasteiger partial charge is 0.291 e. The minimum Gasteiger partial charge on any atom is -0.457 e. The molecule has 0 fully saturated rings. The number of rotatable bonds is 13. The highest BCUT2D eigenvalue weighted by molar-refractivity contribution is 6.98. The van der Waals surface area contributed by atoms with E-state index >= 15 is 0 Å². The largest absolute Gasteiger partial charge is 0.457 e. The van der Waals surface area contributed by atoms with E-state index in [4.69, 9.17) is 28.9 Å². The van der Waals surface area contributed by atoms with Crippen LogP contribution in [-0.2, 0) is 12.8 Å². The molecule has 0 radical (unpaired) electrons. The number of ether oxygens (including phenoxy) is 4. The molecule has 0 bridgehead atoms. The molecule has 57 heavy (non-hydrogen) atoms. The number of aryl methyl sites for hydroxylation is 2. The molecule has 0 atom stereocenters. The summed E-state index contributed by atoms with van der Waals surface area (Å²) in [4.78, 5) is 18.3. The van der Waals surface area contributed by atoms with E-state index in [-0.39, 0.29) is 6.71 Å². The number of pyridine rings is 2. The topological polar surface area (TPSA) is 88.5 Å². The fraction of sp³-hybridized carbons (Fsp3) is 0.208. The highest BCUT2D eigenvalue weighted by atomic mass is 16.5. The van der Waals surface area contributed by atoms with Gasteiger partial charge < -0.3 is 18.9 Å². The van der Waals surface area contributed by atoms with E-state index in [9.17, 15) is 0 Å². The van der Waals surface area contributed by atoms with Gasteiger partial charge in [-0.2, -0.15) is 0 Å². The van der Waals surface area contributed by atoms with E-state index < -0.39 is 0 Å². The number of aromatic nitrogens is 4. The third-order valence-electron chi connectivity index (χ3n) is 9.67. The van der Waals surface area contributed by atoms with Gasteiger partial charge in [0.15, 0.2) is 0 Å². The summed E-state index contributed by atoms with van der Waals surface area (Å²) >= 11 is 0. The Kier molecular flexibility index (Phi) is 10.7. The molecule has 7 aromatic rings. The van der Waals surface area contributed by atoms with Crippen LogP contribution in [0.2, 0.25) is 0 Å². The van der Waals surface area contributed by atoms with Crippen LogP contribution in [0.5, 0.6) is 46.3 Å². The summed E-state index contributed by atoms with van der Waals surface area (Å²) < 4.78 is 25.7. The van der Waals surface area contributed by atoms with Gasteiger partial charge in [0.1, 0.15) is 34.5 Å². The zero-order chi connectivity index (χ0) is 39.5. The van der Waals surface area contributed by atoms with Gasteiger partial charge in [0, 0.05) is 49.1 Å². The van der Waals surface area contributed by atoms with Crippen LogP contribution in [0.1, 0.15) is 49.9 Å². The fourth-order valence-corrected chi connectivity index (χ4v) is 7.40. The third kappa shape index (κ3) is 8.99. The Hall–Kier alpha value is -6.48. The van der Waals surface area contributed by atoms with Gasteiger partial charge in [-0.1, -0.05) is 50.8 Å². The van der Waals surface area contributed by atoms with Crippen LogP contribution in [0, 0.1) is 25.7 Å². The average Bonchev–Trinajstić information content (AvgIpc) is 3.47. The fourth-order valence-electron chi connectivity index (χ4n) is 7.40. The van der Waals surface area contributed by atoms with Crippen molar-refractivity contribution in [1.82, 2.24) is 19.9 Å². The lowest BCUT2D eigenvalue weighted by Gasteiger charge is -2.15. The zero-order valence-electron chi connectivity index (χ0n) is 33.2. The van der Waals surface area contributed by atoms with Crippen molar-refractivity contribution < 1.29 is 18.9 Å². The SMILES string of the molecule is Cc1ccnc(Oc2cc(CC(C)C)cc(Oc3ccc4c(c3)B(c3ncccn3)c3cc(Oc5cc(CC(C)C)cc(Oc6cc(C)ccn6)c5)ccc3-4)c2)c1. The van der Waals surface area contributed by atoms with E-state index in [1.807, 2.05) is 68.4 Å². The van der Waals surface area contributed by atoms with Crippen LogP contribution < -0.4 is 35.6 Å². The molecule has 3 aromatic heterocycles. The summed E-state index contributed by atoms with van der Waals surface area (Å²) in [6.07, 6.45) is 8.85. The monoisotopic (exact) mass is 752 g/mol. The molecule has 0 saturated heterocycles. The maximum absolute atomic E-state index is 6.63. The number of fused-ring (bicyclic) bond motifs is 3. The van der Waals surface area contributed by atoms with E-state index in [0.717, 1.165) is 57.1 Å². The van der Waals surface area contributed by atoms with E-state index in [2.05, 4.69) is 86.2 Å². The van der Waals surface area contributed by atoms with Crippen LogP contribution >= 0.6 is 0 Å². The number of hydrogen-bond acceptors (Lipinski definition) is 8. The van der Waals surface area contributed by atoms with Gasteiger partial charge in [0.05, 0.1) is 5.72 Å². The van der Waals surface area contributed by atoms with Crippen molar-refractivity contribution in [3.05, 3.63) is 150 Å². The molecule has 0 unspecified atom stereocenters. The second-order valence-electron chi connectivity index (χ2n) is 15.6. The molecule has 4 heterocycles. The molecule has 0 aliphatic carbocycles. The standard InChI is InChI=1S/C48H45BN4O4/c1-30(2)18-34-22-38(26-40(24-34)56-46-20-32(5)12-16-50-46)54-36-8-10-42-43-11-9-37(29-45(43)49(44(42)28-36)48-52-14-7-15-53-48)55-39-23-35(19-31(3)4)25-41(27-39)57-47-21-33(6)13-17-51-47/h7-17,20-31H,18-19H2,1-6H3. The first kappa shape index (κ1) is 37.4. The Morgan fingerprint density at radius 2 is 0.895 bits per heavy atom.